The number of nitrogens with zero attached hydrogens (tertiary/aromatic N) is 3. The van der Waals surface area contributed by atoms with Crippen LogP contribution in [0.5, 0.6) is 11.5 Å². The van der Waals surface area contributed by atoms with Crippen LogP contribution in [0.1, 0.15) is 37.3 Å². The fraction of sp³-hybridized carbons (Fsp3) is 0.556. The Bertz CT molecular complexity index is 718. The fourth-order valence-corrected chi connectivity index (χ4v) is 3.55. The van der Waals surface area contributed by atoms with E-state index in [1.807, 2.05) is 0 Å². The number of rotatable bonds is 6. The van der Waals surface area contributed by atoms with Gasteiger partial charge in [0.1, 0.15) is 18.0 Å². The van der Waals surface area contributed by atoms with Crippen molar-refractivity contribution in [2.45, 2.75) is 44.3 Å². The van der Waals surface area contributed by atoms with E-state index in [1.165, 1.54) is 6.20 Å². The van der Waals surface area contributed by atoms with Crippen molar-refractivity contribution in [3.63, 3.8) is 0 Å². The number of alkyl halides is 3. The highest BCUT2D eigenvalue weighted by atomic mass is 19.4. The summed E-state index contributed by atoms with van der Waals surface area (Å²) in [6.07, 6.45) is 4.16. The molecule has 8 heteroatoms. The minimum Gasteiger partial charge on any atom is -0.495 e. The summed E-state index contributed by atoms with van der Waals surface area (Å²) >= 11 is 0. The van der Waals surface area contributed by atoms with E-state index in [9.17, 15) is 13.2 Å². The van der Waals surface area contributed by atoms with Gasteiger partial charge in [-0.25, -0.2) is 0 Å². The van der Waals surface area contributed by atoms with Crippen LogP contribution >= 0.6 is 0 Å². The van der Waals surface area contributed by atoms with Crippen LogP contribution < -0.4 is 9.47 Å². The number of aromatic nitrogens is 3. The van der Waals surface area contributed by atoms with Crippen LogP contribution in [-0.4, -0.2) is 34.7 Å². The Balaban J connectivity index is 1.71. The molecule has 1 aliphatic carbocycles. The van der Waals surface area contributed by atoms with Crippen LogP contribution in [-0.2, 0) is 6.54 Å². The Kier molecular flexibility index (Phi) is 5.68. The summed E-state index contributed by atoms with van der Waals surface area (Å²) in [4.78, 5) is 4.05. The maximum atomic E-state index is 12.8. The van der Waals surface area contributed by atoms with Gasteiger partial charge in [-0.2, -0.15) is 18.3 Å². The minimum atomic E-state index is -4.28. The second-order valence-electron chi connectivity index (χ2n) is 6.55. The molecule has 0 saturated heterocycles. The monoisotopic (exact) mass is 369 g/mol. The lowest BCUT2D eigenvalue weighted by Crippen LogP contribution is -2.28. The summed E-state index contributed by atoms with van der Waals surface area (Å²) < 4.78 is 50.5. The van der Waals surface area contributed by atoms with E-state index >= 15 is 0 Å². The number of methoxy groups -OCH3 is 1. The predicted octanol–water partition coefficient (Wildman–Crippen LogP) is 4.20. The SMILES string of the molecule is COc1cncc(OCC2CCCCC2c2ccnn2CC(F)(F)F)c1. The Morgan fingerprint density at radius 2 is 1.96 bits per heavy atom. The molecule has 0 radical (unpaired) electrons. The van der Waals surface area contributed by atoms with Gasteiger partial charge in [0, 0.05) is 29.8 Å². The first kappa shape index (κ1) is 18.5. The Hall–Kier alpha value is -2.25. The Labute approximate surface area is 150 Å². The quantitative estimate of drug-likeness (QED) is 0.766. The van der Waals surface area contributed by atoms with E-state index in [2.05, 4.69) is 10.1 Å². The molecule has 2 unspecified atom stereocenters. The van der Waals surface area contributed by atoms with Crippen LogP contribution in [0.25, 0.3) is 0 Å². The van der Waals surface area contributed by atoms with Crippen molar-refractivity contribution in [1.82, 2.24) is 14.8 Å². The molecule has 2 aromatic rings. The molecule has 3 rings (SSSR count). The molecule has 142 valence electrons. The van der Waals surface area contributed by atoms with E-state index in [4.69, 9.17) is 9.47 Å². The van der Waals surface area contributed by atoms with Gasteiger partial charge in [0.15, 0.2) is 0 Å². The van der Waals surface area contributed by atoms with Crippen molar-refractivity contribution in [2.24, 2.45) is 5.92 Å². The van der Waals surface area contributed by atoms with Crippen molar-refractivity contribution < 1.29 is 22.6 Å². The maximum absolute atomic E-state index is 12.8. The lowest BCUT2D eigenvalue weighted by atomic mass is 9.78. The van der Waals surface area contributed by atoms with Crippen LogP contribution in [0, 0.1) is 5.92 Å². The molecule has 26 heavy (non-hydrogen) atoms. The molecule has 5 nitrogen and oxygen atoms in total. The molecule has 2 aromatic heterocycles. The van der Waals surface area contributed by atoms with Crippen molar-refractivity contribution in [2.75, 3.05) is 13.7 Å². The van der Waals surface area contributed by atoms with E-state index in [1.54, 1.807) is 31.6 Å². The highest BCUT2D eigenvalue weighted by Crippen LogP contribution is 2.38. The highest BCUT2D eigenvalue weighted by molar-refractivity contribution is 5.28. The van der Waals surface area contributed by atoms with Crippen molar-refractivity contribution in [3.05, 3.63) is 36.4 Å². The van der Waals surface area contributed by atoms with E-state index < -0.39 is 12.7 Å². The topological polar surface area (TPSA) is 49.2 Å². The zero-order chi connectivity index (χ0) is 18.6. The number of halogens is 3. The first-order valence-electron chi connectivity index (χ1n) is 8.66. The molecule has 0 aliphatic heterocycles. The molecule has 0 N–H and O–H groups in total. The minimum absolute atomic E-state index is 0.00664. The van der Waals surface area contributed by atoms with Crippen molar-refractivity contribution in [1.29, 1.82) is 0 Å². The molecule has 2 atom stereocenters. The van der Waals surface area contributed by atoms with Gasteiger partial charge in [0.25, 0.3) is 0 Å². The molecule has 0 bridgehead atoms. The molecular weight excluding hydrogens is 347 g/mol. The van der Waals surface area contributed by atoms with Crippen molar-refractivity contribution >= 4 is 0 Å². The van der Waals surface area contributed by atoms with Crippen LogP contribution in [0.15, 0.2) is 30.7 Å². The van der Waals surface area contributed by atoms with Gasteiger partial charge in [-0.3, -0.25) is 9.67 Å². The summed E-state index contributed by atoms with van der Waals surface area (Å²) in [5.74, 6) is 1.34. The largest absolute Gasteiger partial charge is 0.495 e. The second kappa shape index (κ2) is 7.97. The first-order chi connectivity index (χ1) is 12.5. The predicted molar refractivity (Wildman–Crippen MR) is 89.3 cm³/mol. The molecule has 0 aromatic carbocycles. The molecule has 1 aliphatic rings. The lowest BCUT2D eigenvalue weighted by molar-refractivity contribution is -0.143. The van der Waals surface area contributed by atoms with Gasteiger partial charge in [-0.1, -0.05) is 12.8 Å². The maximum Gasteiger partial charge on any atom is 0.408 e. The average Bonchev–Trinajstić information content (AvgIpc) is 3.06. The Morgan fingerprint density at radius 1 is 1.19 bits per heavy atom. The number of ether oxygens (including phenoxy) is 2. The normalized spacial score (nSPS) is 20.8. The molecule has 2 heterocycles. The van der Waals surface area contributed by atoms with Gasteiger partial charge < -0.3 is 9.47 Å². The summed E-state index contributed by atoms with van der Waals surface area (Å²) in [7, 11) is 1.56. The molecular formula is C18H22F3N3O2. The first-order valence-corrected chi connectivity index (χ1v) is 8.66. The van der Waals surface area contributed by atoms with Gasteiger partial charge in [0.05, 0.1) is 26.1 Å². The second-order valence-corrected chi connectivity index (χ2v) is 6.55. The molecule has 1 fully saturated rings. The zero-order valence-electron chi connectivity index (χ0n) is 14.6. The molecule has 0 spiro atoms. The lowest BCUT2D eigenvalue weighted by Gasteiger charge is -2.32. The smallest absolute Gasteiger partial charge is 0.408 e. The highest BCUT2D eigenvalue weighted by Gasteiger charge is 2.34. The van der Waals surface area contributed by atoms with Gasteiger partial charge >= 0.3 is 6.18 Å². The third kappa shape index (κ3) is 4.68. The number of hydrogen-bond acceptors (Lipinski definition) is 4. The van der Waals surface area contributed by atoms with Gasteiger partial charge in [-0.05, 0) is 18.9 Å². The Morgan fingerprint density at radius 3 is 2.73 bits per heavy atom. The number of hydrogen-bond donors (Lipinski definition) is 0. The van der Waals surface area contributed by atoms with Crippen LogP contribution in [0.2, 0.25) is 0 Å². The van der Waals surface area contributed by atoms with Crippen molar-refractivity contribution in [3.8, 4) is 11.5 Å². The zero-order valence-corrected chi connectivity index (χ0v) is 14.6. The van der Waals surface area contributed by atoms with Gasteiger partial charge in [0.2, 0.25) is 0 Å². The molecule has 1 saturated carbocycles. The van der Waals surface area contributed by atoms with E-state index in [0.717, 1.165) is 30.4 Å². The average molecular weight is 369 g/mol. The summed E-state index contributed by atoms with van der Waals surface area (Å²) in [6.45, 7) is -0.629. The van der Waals surface area contributed by atoms with Crippen LogP contribution in [0.4, 0.5) is 13.2 Å². The third-order valence-corrected chi connectivity index (χ3v) is 4.76. The fourth-order valence-electron chi connectivity index (χ4n) is 3.55. The summed E-state index contributed by atoms with van der Waals surface area (Å²) in [5.41, 5.74) is 0.638. The standard InChI is InChI=1S/C18H22F3N3O2/c1-25-14-8-15(10-22-9-14)26-11-13-4-2-3-5-16(13)17-6-7-23-24(17)12-18(19,20)21/h6-10,13,16H,2-5,11-12H2,1H3. The van der Waals surface area contributed by atoms with Crippen LogP contribution in [0.3, 0.4) is 0 Å². The van der Waals surface area contributed by atoms with E-state index in [0.29, 0.717) is 23.8 Å². The third-order valence-electron chi connectivity index (χ3n) is 4.76. The van der Waals surface area contributed by atoms with Gasteiger partial charge in [-0.15, -0.1) is 0 Å². The number of pyridine rings is 1. The summed E-state index contributed by atoms with van der Waals surface area (Å²) in [6, 6.07) is 3.45. The van der Waals surface area contributed by atoms with E-state index in [-0.39, 0.29) is 11.8 Å². The summed E-state index contributed by atoms with van der Waals surface area (Å²) in [5, 5.41) is 3.88. The molecule has 0 amide bonds.